The summed E-state index contributed by atoms with van der Waals surface area (Å²) in [4.78, 5) is 17.7. The fourth-order valence-corrected chi connectivity index (χ4v) is 6.64. The van der Waals surface area contributed by atoms with Crippen LogP contribution >= 0.6 is 0 Å². The lowest BCUT2D eigenvalue weighted by Gasteiger charge is -2.56. The Labute approximate surface area is 155 Å². The number of carbonyl (C=O) groups excluding carboxylic acids is 1. The highest BCUT2D eigenvalue weighted by Gasteiger charge is 2.51. The second kappa shape index (κ2) is 6.11. The number of amides is 1. The summed E-state index contributed by atoms with van der Waals surface area (Å²) in [5, 5.41) is 3.17. The van der Waals surface area contributed by atoms with Gasteiger partial charge in [0.2, 0.25) is 11.9 Å². The average molecular weight is 351 g/mol. The van der Waals surface area contributed by atoms with Crippen molar-refractivity contribution in [3.63, 3.8) is 0 Å². The third-order valence-electron chi connectivity index (χ3n) is 7.05. The molecule has 1 N–H and O–H groups in total. The quantitative estimate of drug-likeness (QED) is 0.825. The lowest BCUT2D eigenvalue weighted by Crippen LogP contribution is -2.47. The number of nitrogens with zero attached hydrogens (tertiary/aromatic N) is 2. The van der Waals surface area contributed by atoms with Gasteiger partial charge in [-0.1, -0.05) is 19.1 Å². The summed E-state index contributed by atoms with van der Waals surface area (Å²) in [6.45, 7) is 3.04. The summed E-state index contributed by atoms with van der Waals surface area (Å²) in [6.07, 6.45) is 9.81. The maximum absolute atomic E-state index is 13.0. The van der Waals surface area contributed by atoms with Crippen LogP contribution in [0, 0.1) is 23.2 Å². The summed E-state index contributed by atoms with van der Waals surface area (Å²) in [7, 11) is 0. The Morgan fingerprint density at radius 2 is 1.81 bits per heavy atom. The molecule has 1 aromatic heterocycles. The molecule has 138 valence electrons. The van der Waals surface area contributed by atoms with Crippen LogP contribution in [0.15, 0.2) is 24.3 Å². The van der Waals surface area contributed by atoms with Crippen LogP contribution in [0.4, 0.5) is 5.95 Å². The van der Waals surface area contributed by atoms with Crippen LogP contribution in [0.2, 0.25) is 0 Å². The van der Waals surface area contributed by atoms with Gasteiger partial charge in [-0.25, -0.2) is 4.98 Å². The molecule has 0 aliphatic heterocycles. The third kappa shape index (κ3) is 2.74. The molecule has 0 radical (unpaired) electrons. The number of para-hydroxylation sites is 2. The van der Waals surface area contributed by atoms with Gasteiger partial charge in [0.1, 0.15) is 0 Å². The first-order chi connectivity index (χ1) is 12.6. The number of hydrogen-bond donors (Lipinski definition) is 1. The molecule has 0 unspecified atom stereocenters. The summed E-state index contributed by atoms with van der Waals surface area (Å²) < 4.78 is 2.16. The number of nitrogens with one attached hydrogen (secondary N) is 1. The first-order valence-corrected chi connectivity index (χ1v) is 10.4. The van der Waals surface area contributed by atoms with Crippen LogP contribution in [0.1, 0.15) is 58.3 Å². The van der Waals surface area contributed by atoms with Crippen molar-refractivity contribution in [1.82, 2.24) is 9.55 Å². The van der Waals surface area contributed by atoms with Gasteiger partial charge in [0.15, 0.2) is 0 Å². The summed E-state index contributed by atoms with van der Waals surface area (Å²) in [5.41, 5.74) is 2.35. The van der Waals surface area contributed by atoms with Gasteiger partial charge in [0.05, 0.1) is 11.0 Å². The molecule has 4 nitrogen and oxygen atoms in total. The summed E-state index contributed by atoms with van der Waals surface area (Å²) >= 11 is 0. The van der Waals surface area contributed by atoms with Crippen LogP contribution in [-0.4, -0.2) is 15.5 Å². The zero-order valence-electron chi connectivity index (χ0n) is 15.7. The zero-order valence-corrected chi connectivity index (χ0v) is 15.7. The van der Waals surface area contributed by atoms with Crippen LogP contribution < -0.4 is 5.32 Å². The van der Waals surface area contributed by atoms with Gasteiger partial charge in [0, 0.05) is 13.0 Å². The molecule has 4 aliphatic carbocycles. The molecular formula is C22H29N3O. The van der Waals surface area contributed by atoms with Crippen molar-refractivity contribution in [2.75, 3.05) is 5.32 Å². The van der Waals surface area contributed by atoms with Crippen LogP contribution in [0.25, 0.3) is 11.0 Å². The lowest BCUT2D eigenvalue weighted by molar-refractivity contribution is -0.124. The molecule has 4 heteroatoms. The Kier molecular flexibility index (Phi) is 3.84. The first kappa shape index (κ1) is 16.3. The van der Waals surface area contributed by atoms with Crippen molar-refractivity contribution in [2.24, 2.45) is 23.2 Å². The van der Waals surface area contributed by atoms with Gasteiger partial charge >= 0.3 is 0 Å². The number of fused-ring (bicyclic) bond motifs is 1. The molecule has 1 heterocycles. The van der Waals surface area contributed by atoms with E-state index in [1.807, 2.05) is 18.2 Å². The molecule has 4 bridgehead atoms. The molecule has 4 saturated carbocycles. The second-order valence-electron chi connectivity index (χ2n) is 9.22. The van der Waals surface area contributed by atoms with Crippen LogP contribution in [0.5, 0.6) is 0 Å². The standard InChI is InChI=1S/C22H29N3O/c1-2-7-25-19-6-4-3-5-18(19)23-21(25)24-20(26)14-22-11-15-8-16(12-22)10-17(9-15)13-22/h3-6,15-17H,2,7-14H2,1H3,(H,23,24,26). The molecule has 4 fully saturated rings. The van der Waals surface area contributed by atoms with Crippen molar-refractivity contribution in [2.45, 2.75) is 64.8 Å². The van der Waals surface area contributed by atoms with E-state index in [4.69, 9.17) is 4.98 Å². The highest BCUT2D eigenvalue weighted by atomic mass is 16.1. The monoisotopic (exact) mass is 351 g/mol. The van der Waals surface area contributed by atoms with E-state index in [0.717, 1.165) is 47.7 Å². The smallest absolute Gasteiger partial charge is 0.227 e. The number of aromatic nitrogens is 2. The molecule has 26 heavy (non-hydrogen) atoms. The Morgan fingerprint density at radius 1 is 1.15 bits per heavy atom. The summed E-state index contributed by atoms with van der Waals surface area (Å²) in [5.74, 6) is 3.55. The van der Waals surface area contributed by atoms with Gasteiger partial charge in [0.25, 0.3) is 0 Å². The number of hydrogen-bond acceptors (Lipinski definition) is 2. The second-order valence-corrected chi connectivity index (χ2v) is 9.22. The number of imidazole rings is 1. The average Bonchev–Trinajstić information content (AvgIpc) is 2.91. The minimum absolute atomic E-state index is 0.166. The summed E-state index contributed by atoms with van der Waals surface area (Å²) in [6, 6.07) is 8.16. The molecule has 0 atom stereocenters. The predicted octanol–water partition coefficient (Wildman–Crippen LogP) is 4.99. The largest absolute Gasteiger partial charge is 0.310 e. The Hall–Kier alpha value is -1.84. The fraction of sp³-hybridized carbons (Fsp3) is 0.636. The maximum Gasteiger partial charge on any atom is 0.227 e. The molecule has 2 aromatic rings. The van der Waals surface area contributed by atoms with E-state index in [2.05, 4.69) is 22.9 Å². The van der Waals surface area contributed by atoms with Gasteiger partial charge < -0.3 is 4.57 Å². The number of carbonyl (C=O) groups is 1. The van der Waals surface area contributed by atoms with Gasteiger partial charge in [-0.05, 0) is 80.2 Å². The normalized spacial score (nSPS) is 32.3. The van der Waals surface area contributed by atoms with Gasteiger partial charge in [-0.15, -0.1) is 0 Å². The van der Waals surface area contributed by atoms with Crippen LogP contribution in [0.3, 0.4) is 0 Å². The predicted molar refractivity (Wildman–Crippen MR) is 104 cm³/mol. The van der Waals surface area contributed by atoms with Gasteiger partial charge in [-0.3, -0.25) is 10.1 Å². The van der Waals surface area contributed by atoms with E-state index < -0.39 is 0 Å². The van der Waals surface area contributed by atoms with Gasteiger partial charge in [-0.2, -0.15) is 0 Å². The third-order valence-corrected chi connectivity index (χ3v) is 7.05. The molecular weight excluding hydrogens is 322 g/mol. The number of anilines is 1. The van der Waals surface area contributed by atoms with Crippen molar-refractivity contribution >= 4 is 22.9 Å². The molecule has 1 amide bonds. The van der Waals surface area contributed by atoms with Crippen molar-refractivity contribution in [3.8, 4) is 0 Å². The van der Waals surface area contributed by atoms with E-state index in [-0.39, 0.29) is 11.3 Å². The molecule has 0 saturated heterocycles. The zero-order chi connectivity index (χ0) is 17.7. The van der Waals surface area contributed by atoms with Crippen molar-refractivity contribution in [3.05, 3.63) is 24.3 Å². The van der Waals surface area contributed by atoms with E-state index in [0.29, 0.717) is 6.42 Å². The highest BCUT2D eigenvalue weighted by molar-refractivity contribution is 5.92. The number of rotatable bonds is 5. The van der Waals surface area contributed by atoms with Crippen molar-refractivity contribution < 1.29 is 4.79 Å². The first-order valence-electron chi connectivity index (χ1n) is 10.4. The van der Waals surface area contributed by atoms with E-state index in [1.165, 1.54) is 38.5 Å². The molecule has 1 aromatic carbocycles. The van der Waals surface area contributed by atoms with E-state index in [9.17, 15) is 4.79 Å². The van der Waals surface area contributed by atoms with E-state index in [1.54, 1.807) is 0 Å². The Morgan fingerprint density at radius 3 is 2.46 bits per heavy atom. The fourth-order valence-electron chi connectivity index (χ4n) is 6.64. The van der Waals surface area contributed by atoms with Crippen molar-refractivity contribution in [1.29, 1.82) is 0 Å². The Bertz CT molecular complexity index is 802. The minimum atomic E-state index is 0.166. The number of benzene rings is 1. The topological polar surface area (TPSA) is 46.9 Å². The lowest BCUT2D eigenvalue weighted by atomic mass is 9.49. The molecule has 6 rings (SSSR count). The maximum atomic E-state index is 13.0. The number of aryl methyl sites for hydroxylation is 1. The van der Waals surface area contributed by atoms with E-state index >= 15 is 0 Å². The SMILES string of the molecule is CCCn1c(NC(=O)CC23CC4CC(CC(C4)C2)C3)nc2ccccc21. The highest BCUT2D eigenvalue weighted by Crippen LogP contribution is 2.61. The Balaban J connectivity index is 1.36. The molecule has 4 aliphatic rings. The minimum Gasteiger partial charge on any atom is -0.310 e. The van der Waals surface area contributed by atoms with Crippen LogP contribution in [-0.2, 0) is 11.3 Å². The molecule has 0 spiro atoms.